The Morgan fingerprint density at radius 3 is 2.71 bits per heavy atom. The van der Waals surface area contributed by atoms with Gasteiger partial charge in [-0.1, -0.05) is 0 Å². The predicted molar refractivity (Wildman–Crippen MR) is 66.8 cm³/mol. The van der Waals surface area contributed by atoms with Gasteiger partial charge in [-0.25, -0.2) is 9.78 Å². The Kier molecular flexibility index (Phi) is 3.39. The number of nitrogens with two attached hydrogens (primary N) is 1. The lowest BCUT2D eigenvalue weighted by Crippen LogP contribution is -2.05. The summed E-state index contributed by atoms with van der Waals surface area (Å²) in [6.45, 7) is 2.11. The van der Waals surface area contributed by atoms with E-state index < -0.39 is 0 Å². The Morgan fingerprint density at radius 1 is 1.41 bits per heavy atom. The van der Waals surface area contributed by atoms with Crippen molar-refractivity contribution in [3.63, 3.8) is 0 Å². The van der Waals surface area contributed by atoms with Crippen molar-refractivity contribution in [2.45, 2.75) is 13.5 Å². The summed E-state index contributed by atoms with van der Waals surface area (Å²) in [5.74, 6) is -0.365. The fraction of sp³-hybridized carbons (Fsp3) is 0.167. The van der Waals surface area contributed by atoms with Crippen molar-refractivity contribution in [2.24, 2.45) is 0 Å². The van der Waals surface area contributed by atoms with Crippen LogP contribution in [0, 0.1) is 6.92 Å². The molecule has 0 saturated heterocycles. The van der Waals surface area contributed by atoms with Gasteiger partial charge in [-0.15, -0.1) is 11.3 Å². The predicted octanol–water partition coefficient (Wildman–Crippen LogP) is 2.39. The number of ether oxygens (including phenoxy) is 1. The fourth-order valence-corrected chi connectivity index (χ4v) is 1.91. The van der Waals surface area contributed by atoms with Crippen LogP contribution in [-0.2, 0) is 11.3 Å². The molecule has 1 heterocycles. The topological polar surface area (TPSA) is 65.2 Å². The first-order valence-corrected chi connectivity index (χ1v) is 5.97. The van der Waals surface area contributed by atoms with E-state index in [1.54, 1.807) is 24.3 Å². The third-order valence-corrected chi connectivity index (χ3v) is 2.99. The zero-order chi connectivity index (χ0) is 12.3. The van der Waals surface area contributed by atoms with Crippen molar-refractivity contribution in [3.8, 4) is 0 Å². The third-order valence-electron chi connectivity index (χ3n) is 2.16. The molecule has 0 fully saturated rings. The molecule has 0 aliphatic rings. The van der Waals surface area contributed by atoms with Crippen molar-refractivity contribution in [3.05, 3.63) is 45.9 Å². The van der Waals surface area contributed by atoms with Crippen LogP contribution in [0.4, 0.5) is 5.69 Å². The number of hydrogen-bond acceptors (Lipinski definition) is 5. The van der Waals surface area contributed by atoms with Gasteiger partial charge in [-0.3, -0.25) is 0 Å². The van der Waals surface area contributed by atoms with Crippen molar-refractivity contribution in [1.29, 1.82) is 0 Å². The minimum Gasteiger partial charge on any atom is -0.456 e. The smallest absolute Gasteiger partial charge is 0.338 e. The third kappa shape index (κ3) is 3.04. The Bertz CT molecular complexity index is 520. The monoisotopic (exact) mass is 248 g/mol. The highest BCUT2D eigenvalue weighted by molar-refractivity contribution is 7.09. The number of carbonyl (C=O) groups excluding carboxylic acids is 1. The van der Waals surface area contributed by atoms with Crippen molar-refractivity contribution in [1.82, 2.24) is 4.98 Å². The molecule has 17 heavy (non-hydrogen) atoms. The van der Waals surface area contributed by atoms with Crippen LogP contribution in [0.3, 0.4) is 0 Å². The molecule has 4 nitrogen and oxygen atoms in total. The largest absolute Gasteiger partial charge is 0.456 e. The summed E-state index contributed by atoms with van der Waals surface area (Å²) >= 11 is 1.53. The van der Waals surface area contributed by atoms with Crippen molar-refractivity contribution >= 4 is 23.0 Å². The number of hydrogen-bond donors (Lipinski definition) is 1. The van der Waals surface area contributed by atoms with E-state index in [4.69, 9.17) is 10.5 Å². The molecule has 0 radical (unpaired) electrons. The molecule has 0 aliphatic carbocycles. The first-order valence-electron chi connectivity index (χ1n) is 5.09. The Labute approximate surface area is 103 Å². The van der Waals surface area contributed by atoms with E-state index in [9.17, 15) is 4.79 Å². The molecule has 0 aliphatic heterocycles. The standard InChI is InChI=1S/C12H12N2O2S/c1-8-14-11(7-17-8)6-16-12(15)9-2-4-10(13)5-3-9/h2-5,7H,6,13H2,1H3. The quantitative estimate of drug-likeness (QED) is 0.669. The van der Waals surface area contributed by atoms with Crippen LogP contribution in [0.25, 0.3) is 0 Å². The SMILES string of the molecule is Cc1nc(COC(=O)c2ccc(N)cc2)cs1. The Hall–Kier alpha value is -1.88. The number of nitrogen functional groups attached to an aromatic ring is 1. The first-order chi connectivity index (χ1) is 8.15. The van der Waals surface area contributed by atoms with Crippen LogP contribution in [0.1, 0.15) is 21.1 Å². The molecule has 2 rings (SSSR count). The molecule has 2 N–H and O–H groups in total. The zero-order valence-electron chi connectivity index (χ0n) is 9.34. The van der Waals surface area contributed by atoms with Crippen LogP contribution in [0.5, 0.6) is 0 Å². The molecule has 1 aromatic carbocycles. The van der Waals surface area contributed by atoms with Crippen LogP contribution in [0.15, 0.2) is 29.6 Å². The maximum Gasteiger partial charge on any atom is 0.338 e. The number of anilines is 1. The maximum absolute atomic E-state index is 11.6. The number of thiazole rings is 1. The number of rotatable bonds is 3. The van der Waals surface area contributed by atoms with Gasteiger partial charge >= 0.3 is 5.97 Å². The van der Waals surface area contributed by atoms with Crippen LogP contribution < -0.4 is 5.73 Å². The van der Waals surface area contributed by atoms with E-state index in [1.165, 1.54) is 11.3 Å². The molecular weight excluding hydrogens is 236 g/mol. The maximum atomic E-state index is 11.6. The molecule has 0 saturated carbocycles. The number of benzene rings is 1. The molecule has 0 spiro atoms. The number of nitrogens with zero attached hydrogens (tertiary/aromatic N) is 1. The van der Waals surface area contributed by atoms with E-state index in [0.29, 0.717) is 11.3 Å². The molecule has 0 unspecified atom stereocenters. The first kappa shape index (κ1) is 11.6. The lowest BCUT2D eigenvalue weighted by Gasteiger charge is -2.02. The molecule has 0 atom stereocenters. The number of carbonyl (C=O) groups is 1. The van der Waals surface area contributed by atoms with Crippen LogP contribution in [-0.4, -0.2) is 11.0 Å². The highest BCUT2D eigenvalue weighted by Gasteiger charge is 2.07. The van der Waals surface area contributed by atoms with Gasteiger partial charge in [0.05, 0.1) is 16.3 Å². The van der Waals surface area contributed by atoms with E-state index in [-0.39, 0.29) is 12.6 Å². The van der Waals surface area contributed by atoms with Crippen molar-refractivity contribution < 1.29 is 9.53 Å². The summed E-state index contributed by atoms with van der Waals surface area (Å²) < 4.78 is 5.13. The lowest BCUT2D eigenvalue weighted by atomic mass is 10.2. The summed E-state index contributed by atoms with van der Waals surface area (Å²) in [5.41, 5.74) is 7.42. The van der Waals surface area contributed by atoms with E-state index in [2.05, 4.69) is 4.98 Å². The van der Waals surface area contributed by atoms with Gasteiger partial charge < -0.3 is 10.5 Å². The van der Waals surface area contributed by atoms with Gasteiger partial charge in [0.2, 0.25) is 0 Å². The van der Waals surface area contributed by atoms with E-state index in [1.807, 2.05) is 12.3 Å². The minimum atomic E-state index is -0.365. The van der Waals surface area contributed by atoms with Gasteiger partial charge in [-0.2, -0.15) is 0 Å². The molecular formula is C12H12N2O2S. The lowest BCUT2D eigenvalue weighted by molar-refractivity contribution is 0.0468. The van der Waals surface area contributed by atoms with Gasteiger partial charge in [0.15, 0.2) is 0 Å². The molecule has 0 amide bonds. The highest BCUT2D eigenvalue weighted by Crippen LogP contribution is 2.11. The van der Waals surface area contributed by atoms with Gasteiger partial charge in [0.1, 0.15) is 6.61 Å². The summed E-state index contributed by atoms with van der Waals surface area (Å²) in [7, 11) is 0. The molecule has 1 aromatic heterocycles. The fourth-order valence-electron chi connectivity index (χ4n) is 1.32. The second-order valence-electron chi connectivity index (χ2n) is 3.56. The highest BCUT2D eigenvalue weighted by atomic mass is 32.1. The summed E-state index contributed by atoms with van der Waals surface area (Å²) in [4.78, 5) is 15.9. The van der Waals surface area contributed by atoms with Crippen LogP contribution in [0.2, 0.25) is 0 Å². The number of esters is 1. The zero-order valence-corrected chi connectivity index (χ0v) is 10.2. The average Bonchev–Trinajstić information content (AvgIpc) is 2.73. The molecule has 88 valence electrons. The van der Waals surface area contributed by atoms with E-state index in [0.717, 1.165) is 10.7 Å². The molecule has 0 bridgehead atoms. The van der Waals surface area contributed by atoms with E-state index >= 15 is 0 Å². The van der Waals surface area contributed by atoms with Gasteiger partial charge in [0, 0.05) is 11.1 Å². The summed E-state index contributed by atoms with van der Waals surface area (Å²) in [6.07, 6.45) is 0. The summed E-state index contributed by atoms with van der Waals surface area (Å²) in [6, 6.07) is 6.63. The van der Waals surface area contributed by atoms with Gasteiger partial charge in [-0.05, 0) is 31.2 Å². The van der Waals surface area contributed by atoms with Crippen molar-refractivity contribution in [2.75, 3.05) is 5.73 Å². The molecule has 2 aromatic rings. The number of aryl methyl sites for hydroxylation is 1. The van der Waals surface area contributed by atoms with Gasteiger partial charge in [0.25, 0.3) is 0 Å². The normalized spacial score (nSPS) is 10.2. The molecule has 5 heteroatoms. The second kappa shape index (κ2) is 4.97. The summed E-state index contributed by atoms with van der Waals surface area (Å²) in [5, 5.41) is 2.84. The minimum absolute atomic E-state index is 0.202. The second-order valence-corrected chi connectivity index (χ2v) is 4.62. The average molecular weight is 248 g/mol. The number of aromatic nitrogens is 1. The van der Waals surface area contributed by atoms with Crippen LogP contribution >= 0.6 is 11.3 Å². The Morgan fingerprint density at radius 2 is 2.12 bits per heavy atom. The Balaban J connectivity index is 1.95.